The highest BCUT2D eigenvalue weighted by Gasteiger charge is 2.51. The van der Waals surface area contributed by atoms with Gasteiger partial charge in [0.1, 0.15) is 0 Å². The molecule has 5 heteroatoms. The number of carbonyl (C=O) groups is 2. The third kappa shape index (κ3) is 4.46. The highest BCUT2D eigenvalue weighted by atomic mass is 79.9. The van der Waals surface area contributed by atoms with Crippen LogP contribution in [0.2, 0.25) is 0 Å². The molecule has 3 aromatic rings. The van der Waals surface area contributed by atoms with Gasteiger partial charge in [-0.1, -0.05) is 57.9 Å². The van der Waals surface area contributed by atoms with Gasteiger partial charge in [0.15, 0.2) is 0 Å². The first-order valence-electron chi connectivity index (χ1n) is 9.98. The maximum Gasteiger partial charge on any atom is 0.255 e. The largest absolute Gasteiger partial charge is 0.351 e. The van der Waals surface area contributed by atoms with E-state index in [0.29, 0.717) is 17.8 Å². The van der Waals surface area contributed by atoms with Crippen LogP contribution in [0.15, 0.2) is 77.3 Å². The number of nitrogens with one attached hydrogen (secondary N) is 2. The van der Waals surface area contributed by atoms with Crippen molar-refractivity contribution in [2.24, 2.45) is 0 Å². The zero-order valence-electron chi connectivity index (χ0n) is 16.7. The summed E-state index contributed by atoms with van der Waals surface area (Å²) < 4.78 is 0.982. The fraction of sp³-hybridized carbons (Fsp3) is 0.200. The van der Waals surface area contributed by atoms with Crippen molar-refractivity contribution in [1.29, 1.82) is 0 Å². The lowest BCUT2D eigenvalue weighted by atomic mass is 9.95. The molecule has 1 aliphatic carbocycles. The molecule has 0 spiro atoms. The van der Waals surface area contributed by atoms with Gasteiger partial charge in [0.05, 0.1) is 5.41 Å². The smallest absolute Gasteiger partial charge is 0.255 e. The van der Waals surface area contributed by atoms with Crippen molar-refractivity contribution < 1.29 is 9.59 Å². The Morgan fingerprint density at radius 3 is 2.40 bits per heavy atom. The molecule has 0 radical (unpaired) electrons. The third-order valence-electron chi connectivity index (χ3n) is 5.51. The number of benzene rings is 3. The minimum absolute atomic E-state index is 0.0506. The first-order valence-corrected chi connectivity index (χ1v) is 10.8. The number of hydrogen-bond acceptors (Lipinski definition) is 2. The molecule has 3 aromatic carbocycles. The fourth-order valence-electron chi connectivity index (χ4n) is 3.58. The van der Waals surface area contributed by atoms with E-state index in [0.717, 1.165) is 34.0 Å². The first kappa shape index (κ1) is 20.4. The van der Waals surface area contributed by atoms with E-state index in [1.807, 2.05) is 79.7 Å². The summed E-state index contributed by atoms with van der Waals surface area (Å²) in [5.74, 6) is -0.0996. The van der Waals surface area contributed by atoms with E-state index in [2.05, 4.69) is 26.6 Å². The average Bonchev–Trinajstić information content (AvgIpc) is 3.55. The highest BCUT2D eigenvalue weighted by Crippen LogP contribution is 2.48. The van der Waals surface area contributed by atoms with Gasteiger partial charge >= 0.3 is 0 Å². The Kier molecular flexibility index (Phi) is 5.73. The summed E-state index contributed by atoms with van der Waals surface area (Å²) >= 11 is 3.49. The summed E-state index contributed by atoms with van der Waals surface area (Å²) in [6.07, 6.45) is 1.73. The van der Waals surface area contributed by atoms with Crippen LogP contribution < -0.4 is 10.6 Å². The van der Waals surface area contributed by atoms with Crippen LogP contribution in [-0.2, 0) is 16.8 Å². The van der Waals surface area contributed by atoms with Crippen LogP contribution in [0.4, 0.5) is 5.69 Å². The minimum atomic E-state index is -0.416. The molecule has 30 heavy (non-hydrogen) atoms. The molecule has 0 bridgehead atoms. The van der Waals surface area contributed by atoms with Crippen molar-refractivity contribution in [3.63, 3.8) is 0 Å². The van der Waals surface area contributed by atoms with Crippen LogP contribution in [-0.4, -0.2) is 11.8 Å². The predicted octanol–water partition coefficient (Wildman–Crippen LogP) is 5.36. The Bertz CT molecular complexity index is 1090. The Balaban J connectivity index is 1.39. The van der Waals surface area contributed by atoms with Crippen LogP contribution in [0.3, 0.4) is 0 Å². The molecule has 152 valence electrons. The van der Waals surface area contributed by atoms with E-state index in [-0.39, 0.29) is 11.8 Å². The van der Waals surface area contributed by atoms with E-state index >= 15 is 0 Å². The first-order chi connectivity index (χ1) is 14.5. The maximum absolute atomic E-state index is 12.9. The van der Waals surface area contributed by atoms with Gasteiger partial charge < -0.3 is 10.6 Å². The molecule has 0 atom stereocenters. The maximum atomic E-state index is 12.9. The molecule has 0 aliphatic heterocycles. The SMILES string of the molecule is Cc1ccc(C(=O)Nc2cccc(CNC(=O)C3(c4cccc(Br)c4)CC3)c2)cc1. The lowest BCUT2D eigenvalue weighted by Crippen LogP contribution is -2.34. The fourth-order valence-corrected chi connectivity index (χ4v) is 3.98. The van der Waals surface area contributed by atoms with Crippen LogP contribution in [0.25, 0.3) is 0 Å². The number of amides is 2. The normalized spacial score (nSPS) is 14.1. The Morgan fingerprint density at radius 1 is 0.967 bits per heavy atom. The van der Waals surface area contributed by atoms with Crippen molar-refractivity contribution in [2.75, 3.05) is 5.32 Å². The van der Waals surface area contributed by atoms with E-state index in [1.54, 1.807) is 0 Å². The highest BCUT2D eigenvalue weighted by molar-refractivity contribution is 9.10. The van der Waals surface area contributed by atoms with E-state index in [9.17, 15) is 9.59 Å². The van der Waals surface area contributed by atoms with Crippen molar-refractivity contribution in [3.8, 4) is 0 Å². The molecule has 0 aromatic heterocycles. The molecule has 0 heterocycles. The summed E-state index contributed by atoms with van der Waals surface area (Å²) in [4.78, 5) is 25.3. The zero-order valence-corrected chi connectivity index (χ0v) is 18.3. The van der Waals surface area contributed by atoms with Gasteiger partial charge in [-0.25, -0.2) is 0 Å². The molecule has 0 unspecified atom stereocenters. The molecule has 2 N–H and O–H groups in total. The summed E-state index contributed by atoms with van der Waals surface area (Å²) in [5, 5.41) is 5.99. The average molecular weight is 463 g/mol. The van der Waals surface area contributed by atoms with E-state index < -0.39 is 5.41 Å². The van der Waals surface area contributed by atoms with Gasteiger partial charge in [-0.15, -0.1) is 0 Å². The van der Waals surface area contributed by atoms with E-state index in [1.165, 1.54) is 0 Å². The number of halogens is 1. The van der Waals surface area contributed by atoms with Gasteiger partial charge in [-0.05, 0) is 67.3 Å². The molecular formula is C25H23BrN2O2. The van der Waals surface area contributed by atoms with E-state index in [4.69, 9.17) is 0 Å². The van der Waals surface area contributed by atoms with Crippen molar-refractivity contribution in [2.45, 2.75) is 31.7 Å². The van der Waals surface area contributed by atoms with Crippen LogP contribution in [0.5, 0.6) is 0 Å². The predicted molar refractivity (Wildman–Crippen MR) is 122 cm³/mol. The van der Waals surface area contributed by atoms with Crippen molar-refractivity contribution >= 4 is 33.4 Å². The number of rotatable bonds is 6. The van der Waals surface area contributed by atoms with Gasteiger partial charge in [0.25, 0.3) is 5.91 Å². The molecule has 1 aliphatic rings. The van der Waals surface area contributed by atoms with Gasteiger partial charge in [0, 0.05) is 22.3 Å². The lowest BCUT2D eigenvalue weighted by Gasteiger charge is -2.16. The quantitative estimate of drug-likeness (QED) is 0.517. The number of carbonyl (C=O) groups excluding carboxylic acids is 2. The molecule has 4 rings (SSSR count). The standard InChI is InChI=1S/C25H23BrN2O2/c1-17-8-10-19(11-9-17)23(29)28-22-7-2-4-18(14-22)16-27-24(30)25(12-13-25)20-5-3-6-21(26)15-20/h2-11,14-15H,12-13,16H2,1H3,(H,27,30)(H,28,29). The zero-order chi connectivity index (χ0) is 21.1. The van der Waals surface area contributed by atoms with Crippen LogP contribution in [0.1, 0.15) is 39.9 Å². The molecule has 1 fully saturated rings. The second-order valence-corrected chi connectivity index (χ2v) is 8.71. The summed E-state index contributed by atoms with van der Waals surface area (Å²) in [6.45, 7) is 2.41. The second kappa shape index (κ2) is 8.44. The summed E-state index contributed by atoms with van der Waals surface area (Å²) in [7, 11) is 0. The molecule has 0 saturated heterocycles. The lowest BCUT2D eigenvalue weighted by molar-refractivity contribution is -0.123. The van der Waals surface area contributed by atoms with Crippen molar-refractivity contribution in [3.05, 3.63) is 99.5 Å². The minimum Gasteiger partial charge on any atom is -0.351 e. The van der Waals surface area contributed by atoms with Crippen LogP contribution >= 0.6 is 15.9 Å². The topological polar surface area (TPSA) is 58.2 Å². The number of hydrogen-bond donors (Lipinski definition) is 2. The Hall–Kier alpha value is -2.92. The summed E-state index contributed by atoms with van der Waals surface area (Å²) in [5.41, 5.74) is 4.01. The van der Waals surface area contributed by atoms with Crippen LogP contribution in [0, 0.1) is 6.92 Å². The van der Waals surface area contributed by atoms with Gasteiger partial charge in [-0.2, -0.15) is 0 Å². The number of anilines is 1. The van der Waals surface area contributed by atoms with Crippen molar-refractivity contribution in [1.82, 2.24) is 5.32 Å². The third-order valence-corrected chi connectivity index (χ3v) is 6.01. The molecule has 2 amide bonds. The molecular weight excluding hydrogens is 440 g/mol. The summed E-state index contributed by atoms with van der Waals surface area (Å²) in [6, 6.07) is 23.0. The Labute approximate surface area is 184 Å². The Morgan fingerprint density at radius 2 is 1.70 bits per heavy atom. The molecule has 1 saturated carbocycles. The van der Waals surface area contributed by atoms with Gasteiger partial charge in [-0.3, -0.25) is 9.59 Å². The van der Waals surface area contributed by atoms with Gasteiger partial charge in [0.2, 0.25) is 5.91 Å². The number of aryl methyl sites for hydroxylation is 1. The monoisotopic (exact) mass is 462 g/mol. The molecule has 4 nitrogen and oxygen atoms in total. The second-order valence-electron chi connectivity index (χ2n) is 7.80.